The molecule has 2 rings (SSSR count). The van der Waals surface area contributed by atoms with Gasteiger partial charge in [-0.05, 0) is 18.6 Å². The number of carbonyl (C=O) groups excluding carboxylic acids is 1. The second-order valence-corrected chi connectivity index (χ2v) is 5.14. The summed E-state index contributed by atoms with van der Waals surface area (Å²) < 4.78 is 5.46. The van der Waals surface area contributed by atoms with E-state index in [1.165, 1.54) is 0 Å². The average molecular weight is 292 g/mol. The molecule has 1 atom stereocenters. The van der Waals surface area contributed by atoms with Crippen molar-refractivity contribution in [3.63, 3.8) is 0 Å². The molecule has 0 aromatic carbocycles. The molecule has 0 aliphatic carbocycles. The molecule has 1 saturated heterocycles. The second-order valence-electron chi connectivity index (χ2n) is 5.14. The smallest absolute Gasteiger partial charge is 0.239 e. The Balaban J connectivity index is 2.02. The van der Waals surface area contributed by atoms with Crippen molar-refractivity contribution in [3.8, 4) is 0 Å². The van der Waals surface area contributed by atoms with Gasteiger partial charge in [0.1, 0.15) is 6.04 Å². The zero-order valence-corrected chi connectivity index (χ0v) is 12.8. The number of morpholine rings is 1. The van der Waals surface area contributed by atoms with Gasteiger partial charge >= 0.3 is 0 Å². The summed E-state index contributed by atoms with van der Waals surface area (Å²) in [6, 6.07) is 3.70. The van der Waals surface area contributed by atoms with Gasteiger partial charge in [0.05, 0.1) is 18.9 Å². The molecule has 1 aliphatic rings. The predicted molar refractivity (Wildman–Crippen MR) is 82.1 cm³/mol. The molecule has 6 heteroatoms. The number of nitrogens with one attached hydrogen (secondary N) is 2. The molecular formula is C15H24N4O2. The van der Waals surface area contributed by atoms with Gasteiger partial charge in [0, 0.05) is 38.6 Å². The highest BCUT2D eigenvalue weighted by Gasteiger charge is 2.29. The zero-order valence-electron chi connectivity index (χ0n) is 12.8. The lowest BCUT2D eigenvalue weighted by atomic mass is 10.2. The summed E-state index contributed by atoms with van der Waals surface area (Å²) in [6.07, 6.45) is 2.72. The van der Waals surface area contributed by atoms with E-state index in [0.29, 0.717) is 26.3 Å². The third kappa shape index (κ3) is 4.41. The standard InChI is InChI=1S/C15H24N4O2/c1-3-5-18-15(20)14-11-21-8-7-19(14)10-13-9-12(16-2)4-6-17-13/h4,6,9,14H,3,5,7-8,10-11H2,1-2H3,(H,16,17)(H,18,20). The first-order valence-corrected chi connectivity index (χ1v) is 7.46. The van der Waals surface area contributed by atoms with Crippen LogP contribution in [0.25, 0.3) is 0 Å². The van der Waals surface area contributed by atoms with E-state index in [4.69, 9.17) is 4.74 Å². The van der Waals surface area contributed by atoms with E-state index in [0.717, 1.165) is 24.3 Å². The van der Waals surface area contributed by atoms with Crippen molar-refractivity contribution in [1.29, 1.82) is 0 Å². The van der Waals surface area contributed by atoms with Crippen molar-refractivity contribution in [2.45, 2.75) is 25.9 Å². The Hall–Kier alpha value is -1.66. The van der Waals surface area contributed by atoms with E-state index in [1.807, 2.05) is 26.1 Å². The zero-order chi connectivity index (χ0) is 15.1. The van der Waals surface area contributed by atoms with Gasteiger partial charge in [-0.25, -0.2) is 0 Å². The maximum Gasteiger partial charge on any atom is 0.239 e. The fourth-order valence-electron chi connectivity index (χ4n) is 2.36. The van der Waals surface area contributed by atoms with Gasteiger partial charge in [0.25, 0.3) is 0 Å². The number of hydrogen-bond donors (Lipinski definition) is 2. The minimum absolute atomic E-state index is 0.0429. The maximum absolute atomic E-state index is 12.2. The Morgan fingerprint density at radius 1 is 1.57 bits per heavy atom. The first-order valence-electron chi connectivity index (χ1n) is 7.46. The number of hydrogen-bond acceptors (Lipinski definition) is 5. The van der Waals surface area contributed by atoms with E-state index in [9.17, 15) is 4.79 Å². The summed E-state index contributed by atoms with van der Waals surface area (Å²) in [5.74, 6) is 0.0429. The monoisotopic (exact) mass is 292 g/mol. The lowest BCUT2D eigenvalue weighted by molar-refractivity contribution is -0.133. The Labute approximate surface area is 125 Å². The Bertz CT molecular complexity index is 467. The number of aromatic nitrogens is 1. The molecular weight excluding hydrogens is 268 g/mol. The molecule has 1 aliphatic heterocycles. The normalized spacial score (nSPS) is 19.2. The van der Waals surface area contributed by atoms with E-state index < -0.39 is 0 Å². The van der Waals surface area contributed by atoms with Gasteiger partial charge in [-0.15, -0.1) is 0 Å². The van der Waals surface area contributed by atoms with Crippen LogP contribution >= 0.6 is 0 Å². The molecule has 1 fully saturated rings. The molecule has 0 bridgehead atoms. The summed E-state index contributed by atoms with van der Waals surface area (Å²) in [7, 11) is 1.88. The molecule has 6 nitrogen and oxygen atoms in total. The Morgan fingerprint density at radius 2 is 2.43 bits per heavy atom. The predicted octanol–water partition coefficient (Wildman–Crippen LogP) is 0.850. The molecule has 21 heavy (non-hydrogen) atoms. The topological polar surface area (TPSA) is 66.5 Å². The van der Waals surface area contributed by atoms with E-state index in [-0.39, 0.29) is 11.9 Å². The minimum atomic E-state index is -0.231. The van der Waals surface area contributed by atoms with Gasteiger partial charge in [-0.3, -0.25) is 14.7 Å². The molecule has 0 saturated carbocycles. The van der Waals surface area contributed by atoms with E-state index in [2.05, 4.69) is 20.5 Å². The largest absolute Gasteiger partial charge is 0.388 e. The number of nitrogens with zero attached hydrogens (tertiary/aromatic N) is 2. The molecule has 2 heterocycles. The molecule has 0 spiro atoms. The van der Waals surface area contributed by atoms with Crippen molar-refractivity contribution in [3.05, 3.63) is 24.0 Å². The number of ether oxygens (including phenoxy) is 1. The van der Waals surface area contributed by atoms with Crippen LogP contribution < -0.4 is 10.6 Å². The van der Waals surface area contributed by atoms with Gasteiger partial charge < -0.3 is 15.4 Å². The van der Waals surface area contributed by atoms with Crippen LogP contribution in [0.4, 0.5) is 5.69 Å². The maximum atomic E-state index is 12.2. The van der Waals surface area contributed by atoms with Crippen molar-refractivity contribution >= 4 is 11.6 Å². The van der Waals surface area contributed by atoms with Crippen molar-refractivity contribution in [2.75, 3.05) is 38.7 Å². The highest BCUT2D eigenvalue weighted by Crippen LogP contribution is 2.14. The quantitative estimate of drug-likeness (QED) is 0.814. The molecule has 1 amide bonds. The van der Waals surface area contributed by atoms with Crippen LogP contribution in [-0.2, 0) is 16.1 Å². The van der Waals surface area contributed by atoms with Crippen LogP contribution in [-0.4, -0.2) is 55.2 Å². The summed E-state index contributed by atoms with van der Waals surface area (Å²) in [5.41, 5.74) is 1.98. The molecule has 1 aromatic rings. The fraction of sp³-hybridized carbons (Fsp3) is 0.600. The number of amides is 1. The van der Waals surface area contributed by atoms with Crippen LogP contribution in [0.3, 0.4) is 0 Å². The summed E-state index contributed by atoms with van der Waals surface area (Å²) in [5, 5.41) is 6.05. The van der Waals surface area contributed by atoms with Crippen molar-refractivity contribution < 1.29 is 9.53 Å². The first-order chi connectivity index (χ1) is 10.2. The highest BCUT2D eigenvalue weighted by atomic mass is 16.5. The van der Waals surface area contributed by atoms with Crippen LogP contribution in [0, 0.1) is 0 Å². The SMILES string of the molecule is CCCNC(=O)C1COCCN1Cc1cc(NC)ccn1. The second kappa shape index (κ2) is 7.95. The number of rotatable bonds is 6. The lowest BCUT2D eigenvalue weighted by Crippen LogP contribution is -2.53. The lowest BCUT2D eigenvalue weighted by Gasteiger charge is -2.34. The summed E-state index contributed by atoms with van der Waals surface area (Å²) >= 11 is 0. The Morgan fingerprint density at radius 3 is 3.19 bits per heavy atom. The summed E-state index contributed by atoms with van der Waals surface area (Å²) in [6.45, 7) is 5.25. The van der Waals surface area contributed by atoms with E-state index in [1.54, 1.807) is 6.20 Å². The molecule has 116 valence electrons. The molecule has 1 aromatic heterocycles. The summed E-state index contributed by atoms with van der Waals surface area (Å²) in [4.78, 5) is 18.7. The third-order valence-electron chi connectivity index (χ3n) is 3.56. The molecule has 1 unspecified atom stereocenters. The van der Waals surface area contributed by atoms with Crippen LogP contribution in [0.5, 0.6) is 0 Å². The Kier molecular flexibility index (Phi) is 5.95. The van der Waals surface area contributed by atoms with Crippen LogP contribution in [0.1, 0.15) is 19.0 Å². The number of carbonyl (C=O) groups is 1. The number of anilines is 1. The van der Waals surface area contributed by atoms with Crippen LogP contribution in [0.15, 0.2) is 18.3 Å². The highest BCUT2D eigenvalue weighted by molar-refractivity contribution is 5.82. The average Bonchev–Trinajstić information content (AvgIpc) is 2.53. The van der Waals surface area contributed by atoms with Gasteiger partial charge in [0.15, 0.2) is 0 Å². The molecule has 2 N–H and O–H groups in total. The van der Waals surface area contributed by atoms with E-state index >= 15 is 0 Å². The van der Waals surface area contributed by atoms with Crippen molar-refractivity contribution in [2.24, 2.45) is 0 Å². The minimum Gasteiger partial charge on any atom is -0.388 e. The fourth-order valence-corrected chi connectivity index (χ4v) is 2.36. The molecule has 0 radical (unpaired) electrons. The first kappa shape index (κ1) is 15.7. The van der Waals surface area contributed by atoms with Gasteiger partial charge in [-0.1, -0.05) is 6.92 Å². The van der Waals surface area contributed by atoms with Gasteiger partial charge in [0.2, 0.25) is 5.91 Å². The van der Waals surface area contributed by atoms with Crippen molar-refractivity contribution in [1.82, 2.24) is 15.2 Å². The van der Waals surface area contributed by atoms with Gasteiger partial charge in [-0.2, -0.15) is 0 Å². The van der Waals surface area contributed by atoms with Crippen LogP contribution in [0.2, 0.25) is 0 Å². The number of pyridine rings is 1. The third-order valence-corrected chi connectivity index (χ3v) is 3.56.